The van der Waals surface area contributed by atoms with Gasteiger partial charge in [0.2, 0.25) is 0 Å². The molecule has 2 N–H and O–H groups in total. The minimum Gasteiger partial charge on any atom is -0.378 e. The van der Waals surface area contributed by atoms with Gasteiger partial charge in [0.15, 0.2) is 0 Å². The highest BCUT2D eigenvalue weighted by Crippen LogP contribution is 2.18. The number of carbonyl (C=O) groups excluding carboxylic acids is 1. The highest BCUT2D eigenvalue weighted by molar-refractivity contribution is 7.98. The average Bonchev–Trinajstić information content (AvgIpc) is 2.53. The van der Waals surface area contributed by atoms with E-state index in [0.29, 0.717) is 6.54 Å². The van der Waals surface area contributed by atoms with E-state index in [1.165, 1.54) is 0 Å². The lowest BCUT2D eigenvalue weighted by molar-refractivity contribution is 0.251. The minimum atomic E-state index is -0.199. The maximum Gasteiger partial charge on any atom is 0.319 e. The summed E-state index contributed by atoms with van der Waals surface area (Å²) in [6.45, 7) is 0.502. The quantitative estimate of drug-likeness (QED) is 0.825. The molecule has 2 rings (SSSR count). The van der Waals surface area contributed by atoms with Crippen LogP contribution < -0.4 is 15.5 Å². The van der Waals surface area contributed by atoms with E-state index in [1.807, 2.05) is 73.8 Å². The van der Waals surface area contributed by atoms with Gasteiger partial charge in [0.1, 0.15) is 0 Å². The monoisotopic (exact) mass is 315 g/mol. The van der Waals surface area contributed by atoms with Crippen LogP contribution in [0.15, 0.2) is 53.4 Å². The standard InChI is InChI=1S/C17H21N3OS/c1-20(2)15-9-7-13(8-10-15)12-18-17(21)19-14-5-4-6-16(11-14)22-3/h4-11H,12H2,1-3H3,(H2,18,19,21). The van der Waals surface area contributed by atoms with Crippen molar-refractivity contribution < 1.29 is 4.79 Å². The van der Waals surface area contributed by atoms with Crippen molar-refractivity contribution in [3.8, 4) is 0 Å². The third-order valence-electron chi connectivity index (χ3n) is 3.23. The lowest BCUT2D eigenvalue weighted by Crippen LogP contribution is -2.28. The molecule has 4 nitrogen and oxygen atoms in total. The molecule has 0 aliphatic heterocycles. The van der Waals surface area contributed by atoms with Crippen molar-refractivity contribution in [1.29, 1.82) is 0 Å². The Morgan fingerprint density at radius 1 is 1.14 bits per heavy atom. The summed E-state index contributed by atoms with van der Waals surface area (Å²) in [5, 5.41) is 5.71. The van der Waals surface area contributed by atoms with Crippen LogP contribution in [0.25, 0.3) is 0 Å². The molecule has 2 aromatic carbocycles. The molecular weight excluding hydrogens is 294 g/mol. The van der Waals surface area contributed by atoms with Crippen LogP contribution in [-0.2, 0) is 6.54 Å². The zero-order valence-electron chi connectivity index (χ0n) is 13.1. The van der Waals surface area contributed by atoms with E-state index in [-0.39, 0.29) is 6.03 Å². The summed E-state index contributed by atoms with van der Waals surface area (Å²) in [6, 6.07) is 15.7. The number of hydrogen-bond acceptors (Lipinski definition) is 3. The summed E-state index contributed by atoms with van der Waals surface area (Å²) >= 11 is 1.65. The van der Waals surface area contributed by atoms with Gasteiger partial charge >= 0.3 is 6.03 Å². The first kappa shape index (κ1) is 16.2. The predicted octanol–water partition coefficient (Wildman–Crippen LogP) is 3.80. The molecule has 0 aliphatic carbocycles. The Bertz CT molecular complexity index is 626. The molecule has 0 bridgehead atoms. The van der Waals surface area contributed by atoms with E-state index < -0.39 is 0 Å². The fourth-order valence-corrected chi connectivity index (χ4v) is 2.43. The van der Waals surface area contributed by atoms with Crippen LogP contribution in [0.5, 0.6) is 0 Å². The van der Waals surface area contributed by atoms with Gasteiger partial charge in [0.25, 0.3) is 0 Å². The maximum absolute atomic E-state index is 11.9. The van der Waals surface area contributed by atoms with E-state index in [4.69, 9.17) is 0 Å². The zero-order chi connectivity index (χ0) is 15.9. The lowest BCUT2D eigenvalue weighted by Gasteiger charge is -2.13. The van der Waals surface area contributed by atoms with Gasteiger partial charge in [-0.15, -0.1) is 11.8 Å². The van der Waals surface area contributed by atoms with E-state index in [0.717, 1.165) is 21.8 Å². The molecule has 0 saturated carbocycles. The van der Waals surface area contributed by atoms with E-state index in [2.05, 4.69) is 10.6 Å². The molecule has 0 aromatic heterocycles. The third kappa shape index (κ3) is 4.70. The van der Waals surface area contributed by atoms with Crippen LogP contribution >= 0.6 is 11.8 Å². The van der Waals surface area contributed by atoms with Crippen molar-refractivity contribution in [3.63, 3.8) is 0 Å². The van der Waals surface area contributed by atoms with Crippen molar-refractivity contribution in [1.82, 2.24) is 5.32 Å². The normalized spacial score (nSPS) is 10.1. The molecule has 0 atom stereocenters. The Morgan fingerprint density at radius 2 is 1.86 bits per heavy atom. The molecule has 0 unspecified atom stereocenters. The van der Waals surface area contributed by atoms with Gasteiger partial charge in [-0.1, -0.05) is 18.2 Å². The second-order valence-corrected chi connectivity index (χ2v) is 5.98. The van der Waals surface area contributed by atoms with Crippen molar-refractivity contribution in [3.05, 3.63) is 54.1 Å². The summed E-state index contributed by atoms with van der Waals surface area (Å²) in [5.74, 6) is 0. The molecule has 116 valence electrons. The number of carbonyl (C=O) groups is 1. The minimum absolute atomic E-state index is 0.199. The smallest absolute Gasteiger partial charge is 0.319 e. The molecule has 2 amide bonds. The highest BCUT2D eigenvalue weighted by Gasteiger charge is 2.03. The predicted molar refractivity (Wildman–Crippen MR) is 94.9 cm³/mol. The van der Waals surface area contributed by atoms with Gasteiger partial charge in [-0.25, -0.2) is 4.79 Å². The van der Waals surface area contributed by atoms with Crippen molar-refractivity contribution in [2.24, 2.45) is 0 Å². The van der Waals surface area contributed by atoms with Crippen LogP contribution in [0.2, 0.25) is 0 Å². The molecule has 2 aromatic rings. The van der Waals surface area contributed by atoms with E-state index >= 15 is 0 Å². The molecule has 0 spiro atoms. The molecule has 22 heavy (non-hydrogen) atoms. The largest absolute Gasteiger partial charge is 0.378 e. The zero-order valence-corrected chi connectivity index (χ0v) is 13.9. The van der Waals surface area contributed by atoms with Crippen LogP contribution in [0.3, 0.4) is 0 Å². The van der Waals surface area contributed by atoms with Crippen LogP contribution in [0.4, 0.5) is 16.2 Å². The number of thioether (sulfide) groups is 1. The van der Waals surface area contributed by atoms with Crippen LogP contribution in [-0.4, -0.2) is 26.4 Å². The second-order valence-electron chi connectivity index (χ2n) is 5.10. The number of nitrogens with zero attached hydrogens (tertiary/aromatic N) is 1. The fourth-order valence-electron chi connectivity index (χ4n) is 1.97. The number of rotatable bonds is 5. The number of nitrogens with one attached hydrogen (secondary N) is 2. The van der Waals surface area contributed by atoms with Crippen molar-refractivity contribution >= 4 is 29.2 Å². The van der Waals surface area contributed by atoms with Crippen LogP contribution in [0.1, 0.15) is 5.56 Å². The van der Waals surface area contributed by atoms with Gasteiger partial charge in [0, 0.05) is 36.9 Å². The summed E-state index contributed by atoms with van der Waals surface area (Å²) in [5.41, 5.74) is 3.01. The first-order valence-electron chi connectivity index (χ1n) is 7.03. The molecular formula is C17H21N3OS. The first-order valence-corrected chi connectivity index (χ1v) is 8.26. The number of urea groups is 1. The Hall–Kier alpha value is -2.14. The Labute approximate surface area is 135 Å². The third-order valence-corrected chi connectivity index (χ3v) is 3.96. The molecule has 0 saturated heterocycles. The number of hydrogen-bond donors (Lipinski definition) is 2. The Kier molecular flexibility index (Phi) is 5.72. The number of anilines is 2. The molecule has 0 heterocycles. The van der Waals surface area contributed by atoms with Gasteiger partial charge in [-0.2, -0.15) is 0 Å². The van der Waals surface area contributed by atoms with Gasteiger partial charge < -0.3 is 15.5 Å². The SMILES string of the molecule is CSc1cccc(NC(=O)NCc2ccc(N(C)C)cc2)c1. The Morgan fingerprint density at radius 3 is 2.50 bits per heavy atom. The molecule has 0 radical (unpaired) electrons. The number of benzene rings is 2. The summed E-state index contributed by atoms with van der Waals surface area (Å²) in [4.78, 5) is 15.1. The van der Waals surface area contributed by atoms with Gasteiger partial charge in [-0.05, 0) is 42.2 Å². The maximum atomic E-state index is 11.9. The average molecular weight is 315 g/mol. The molecule has 0 aliphatic rings. The Balaban J connectivity index is 1.87. The van der Waals surface area contributed by atoms with Gasteiger partial charge in [-0.3, -0.25) is 0 Å². The number of amides is 2. The van der Waals surface area contributed by atoms with Gasteiger partial charge in [0.05, 0.1) is 0 Å². The van der Waals surface area contributed by atoms with E-state index in [1.54, 1.807) is 11.8 Å². The van der Waals surface area contributed by atoms with Crippen molar-refractivity contribution in [2.75, 3.05) is 30.6 Å². The second kappa shape index (κ2) is 7.75. The van der Waals surface area contributed by atoms with Crippen molar-refractivity contribution in [2.45, 2.75) is 11.4 Å². The fraction of sp³-hybridized carbons (Fsp3) is 0.235. The summed E-state index contributed by atoms with van der Waals surface area (Å²) in [6.07, 6.45) is 2.01. The molecule has 5 heteroatoms. The molecule has 0 fully saturated rings. The highest BCUT2D eigenvalue weighted by atomic mass is 32.2. The summed E-state index contributed by atoms with van der Waals surface area (Å²) < 4.78 is 0. The van der Waals surface area contributed by atoms with Crippen LogP contribution in [0, 0.1) is 0 Å². The van der Waals surface area contributed by atoms with E-state index in [9.17, 15) is 4.79 Å². The topological polar surface area (TPSA) is 44.4 Å². The first-order chi connectivity index (χ1) is 10.6. The lowest BCUT2D eigenvalue weighted by atomic mass is 10.2. The summed E-state index contributed by atoms with van der Waals surface area (Å²) in [7, 11) is 4.01.